The van der Waals surface area contributed by atoms with Gasteiger partial charge in [0, 0.05) is 33.7 Å². The maximum absolute atomic E-state index is 13.8. The molecular formula is C25H21BrF4N2O. The fourth-order valence-electron chi connectivity index (χ4n) is 3.65. The SMILES string of the molecule is Fc1cc(COc2ccc(Br)cc2CNCCc2c[nH]c3ccccc23)ccc1C(F)(F)F. The molecule has 8 heteroatoms. The highest BCUT2D eigenvalue weighted by atomic mass is 79.9. The van der Waals surface area contributed by atoms with Crippen LogP contribution in [0.25, 0.3) is 10.9 Å². The van der Waals surface area contributed by atoms with E-state index in [2.05, 4.69) is 32.3 Å². The Bertz CT molecular complexity index is 1250. The van der Waals surface area contributed by atoms with E-state index in [9.17, 15) is 17.6 Å². The van der Waals surface area contributed by atoms with E-state index in [-0.39, 0.29) is 6.61 Å². The molecular weight excluding hydrogens is 500 g/mol. The van der Waals surface area contributed by atoms with Crippen molar-refractivity contribution in [3.63, 3.8) is 0 Å². The minimum atomic E-state index is -4.72. The van der Waals surface area contributed by atoms with Crippen LogP contribution in [0, 0.1) is 5.82 Å². The van der Waals surface area contributed by atoms with Crippen molar-refractivity contribution in [3.8, 4) is 5.75 Å². The number of ether oxygens (including phenoxy) is 1. The molecule has 0 radical (unpaired) electrons. The Kier molecular flexibility index (Phi) is 7.05. The van der Waals surface area contributed by atoms with Gasteiger partial charge in [-0.1, -0.05) is 40.2 Å². The van der Waals surface area contributed by atoms with Gasteiger partial charge in [-0.3, -0.25) is 0 Å². The third kappa shape index (κ3) is 5.75. The summed E-state index contributed by atoms with van der Waals surface area (Å²) in [5, 5.41) is 4.61. The van der Waals surface area contributed by atoms with Crippen LogP contribution in [0.5, 0.6) is 5.75 Å². The van der Waals surface area contributed by atoms with Crippen LogP contribution in [0.1, 0.15) is 22.3 Å². The summed E-state index contributed by atoms with van der Waals surface area (Å²) in [6.07, 6.45) is -1.86. The molecule has 0 atom stereocenters. The average molecular weight is 521 g/mol. The topological polar surface area (TPSA) is 37.0 Å². The van der Waals surface area contributed by atoms with Crippen LogP contribution in [0.15, 0.2) is 71.3 Å². The normalized spacial score (nSPS) is 11.8. The van der Waals surface area contributed by atoms with Crippen LogP contribution in [0.4, 0.5) is 17.6 Å². The second-order valence-corrected chi connectivity index (χ2v) is 8.55. The van der Waals surface area contributed by atoms with Gasteiger partial charge in [0.15, 0.2) is 0 Å². The Balaban J connectivity index is 1.37. The van der Waals surface area contributed by atoms with Gasteiger partial charge in [0.2, 0.25) is 0 Å². The average Bonchev–Trinajstić information content (AvgIpc) is 3.18. The molecule has 0 aliphatic carbocycles. The number of aromatic nitrogens is 1. The number of benzene rings is 3. The lowest BCUT2D eigenvalue weighted by atomic mass is 10.1. The summed E-state index contributed by atoms with van der Waals surface area (Å²) in [6, 6.07) is 16.5. The fraction of sp³-hybridized carbons (Fsp3) is 0.200. The summed E-state index contributed by atoms with van der Waals surface area (Å²) in [5.41, 5.74) is 2.26. The number of halogens is 5. The summed E-state index contributed by atoms with van der Waals surface area (Å²) < 4.78 is 58.8. The molecule has 0 unspecified atom stereocenters. The van der Waals surface area contributed by atoms with Crippen molar-refractivity contribution in [1.82, 2.24) is 10.3 Å². The second-order valence-electron chi connectivity index (χ2n) is 7.64. The van der Waals surface area contributed by atoms with Gasteiger partial charge < -0.3 is 15.0 Å². The number of para-hydroxylation sites is 1. The molecule has 1 aromatic heterocycles. The van der Waals surface area contributed by atoms with E-state index in [0.29, 0.717) is 17.9 Å². The monoisotopic (exact) mass is 520 g/mol. The summed E-state index contributed by atoms with van der Waals surface area (Å²) in [5.74, 6) is -0.725. The number of H-pyrrole nitrogens is 1. The third-order valence-electron chi connectivity index (χ3n) is 5.32. The van der Waals surface area contributed by atoms with Crippen molar-refractivity contribution in [3.05, 3.63) is 99.4 Å². The van der Waals surface area contributed by atoms with E-state index in [1.165, 1.54) is 17.0 Å². The maximum atomic E-state index is 13.8. The van der Waals surface area contributed by atoms with Crippen molar-refractivity contribution >= 4 is 26.8 Å². The van der Waals surface area contributed by atoms with Gasteiger partial charge in [-0.2, -0.15) is 13.2 Å². The van der Waals surface area contributed by atoms with E-state index in [1.54, 1.807) is 6.07 Å². The highest BCUT2D eigenvalue weighted by molar-refractivity contribution is 9.10. The van der Waals surface area contributed by atoms with Gasteiger partial charge in [-0.15, -0.1) is 0 Å². The van der Waals surface area contributed by atoms with Crippen molar-refractivity contribution in [1.29, 1.82) is 0 Å². The molecule has 2 N–H and O–H groups in total. The molecule has 1 heterocycles. The van der Waals surface area contributed by atoms with Crippen LogP contribution < -0.4 is 10.1 Å². The Morgan fingerprint density at radius 3 is 2.58 bits per heavy atom. The van der Waals surface area contributed by atoms with Gasteiger partial charge in [-0.25, -0.2) is 4.39 Å². The zero-order valence-electron chi connectivity index (χ0n) is 17.5. The summed E-state index contributed by atoms with van der Waals surface area (Å²) in [7, 11) is 0. The zero-order chi connectivity index (χ0) is 23.4. The standard InChI is InChI=1S/C25H21BrF4N2O/c26-19-6-8-24(33-15-16-5-7-21(22(27)11-16)25(28,29)30)18(12-19)13-31-10-9-17-14-32-23-4-2-1-3-20(17)23/h1-8,11-12,14,31-32H,9-10,13,15H2. The Morgan fingerprint density at radius 2 is 1.79 bits per heavy atom. The molecule has 0 saturated carbocycles. The second kappa shape index (κ2) is 9.97. The fourth-order valence-corrected chi connectivity index (χ4v) is 4.06. The number of aromatic amines is 1. The Labute approximate surface area is 196 Å². The van der Waals surface area contributed by atoms with E-state index >= 15 is 0 Å². The molecule has 0 fully saturated rings. The van der Waals surface area contributed by atoms with Crippen LogP contribution >= 0.6 is 15.9 Å². The van der Waals surface area contributed by atoms with Crippen LogP contribution in [-0.2, 0) is 25.7 Å². The van der Waals surface area contributed by atoms with Gasteiger partial charge in [-0.05, 0) is 60.5 Å². The summed E-state index contributed by atoms with van der Waals surface area (Å²) in [6.45, 7) is 1.25. The molecule has 0 saturated heterocycles. The highest BCUT2D eigenvalue weighted by Crippen LogP contribution is 2.32. The summed E-state index contributed by atoms with van der Waals surface area (Å²) in [4.78, 5) is 3.27. The molecule has 0 amide bonds. The number of hydrogen-bond donors (Lipinski definition) is 2. The number of fused-ring (bicyclic) bond motifs is 1. The largest absolute Gasteiger partial charge is 0.489 e. The number of nitrogens with one attached hydrogen (secondary N) is 2. The minimum absolute atomic E-state index is 0.0426. The molecule has 0 spiro atoms. The van der Waals surface area contributed by atoms with Crippen LogP contribution in [-0.4, -0.2) is 11.5 Å². The molecule has 0 bridgehead atoms. The molecule has 3 nitrogen and oxygen atoms in total. The first-order valence-electron chi connectivity index (χ1n) is 10.3. The summed E-state index contributed by atoms with van der Waals surface area (Å²) >= 11 is 3.45. The van der Waals surface area contributed by atoms with Crippen molar-refractivity contribution in [2.75, 3.05) is 6.54 Å². The van der Waals surface area contributed by atoms with Gasteiger partial charge in [0.25, 0.3) is 0 Å². The smallest absolute Gasteiger partial charge is 0.419 e. The zero-order valence-corrected chi connectivity index (χ0v) is 19.1. The number of alkyl halides is 3. The van der Waals surface area contributed by atoms with E-state index in [0.717, 1.165) is 40.7 Å². The van der Waals surface area contributed by atoms with E-state index in [4.69, 9.17) is 4.74 Å². The molecule has 172 valence electrons. The molecule has 33 heavy (non-hydrogen) atoms. The Hall–Kier alpha value is -2.84. The first kappa shape index (κ1) is 23.3. The maximum Gasteiger partial charge on any atom is 0.419 e. The molecule has 3 aromatic carbocycles. The third-order valence-corrected chi connectivity index (χ3v) is 5.81. The molecule has 4 rings (SSSR count). The van der Waals surface area contributed by atoms with Gasteiger partial charge in [0.1, 0.15) is 18.2 Å². The van der Waals surface area contributed by atoms with E-state index < -0.39 is 17.6 Å². The predicted octanol–water partition coefficient (Wildman–Crippen LogP) is 7.00. The lowest BCUT2D eigenvalue weighted by Gasteiger charge is -2.14. The van der Waals surface area contributed by atoms with E-state index in [1.807, 2.05) is 36.5 Å². The number of rotatable bonds is 8. The lowest BCUT2D eigenvalue weighted by molar-refractivity contribution is -0.140. The first-order valence-corrected chi connectivity index (χ1v) is 11.1. The highest BCUT2D eigenvalue weighted by Gasteiger charge is 2.33. The van der Waals surface area contributed by atoms with Crippen molar-refractivity contribution in [2.45, 2.75) is 25.7 Å². The minimum Gasteiger partial charge on any atom is -0.489 e. The quantitative estimate of drug-likeness (QED) is 0.194. The lowest BCUT2D eigenvalue weighted by Crippen LogP contribution is -2.17. The predicted molar refractivity (Wildman–Crippen MR) is 124 cm³/mol. The van der Waals surface area contributed by atoms with Crippen LogP contribution in [0.3, 0.4) is 0 Å². The van der Waals surface area contributed by atoms with Gasteiger partial charge >= 0.3 is 6.18 Å². The Morgan fingerprint density at radius 1 is 0.970 bits per heavy atom. The molecule has 4 aromatic rings. The first-order chi connectivity index (χ1) is 15.8. The molecule has 0 aliphatic heterocycles. The van der Waals surface area contributed by atoms with Crippen molar-refractivity contribution < 1.29 is 22.3 Å². The van der Waals surface area contributed by atoms with Crippen molar-refractivity contribution in [2.24, 2.45) is 0 Å². The number of hydrogen-bond acceptors (Lipinski definition) is 2. The van der Waals surface area contributed by atoms with Crippen LogP contribution in [0.2, 0.25) is 0 Å². The molecule has 0 aliphatic rings. The van der Waals surface area contributed by atoms with Gasteiger partial charge in [0.05, 0.1) is 5.56 Å².